The molecule has 30 heavy (non-hydrogen) atoms. The van der Waals surface area contributed by atoms with Crippen molar-refractivity contribution in [2.24, 2.45) is 0 Å². The number of fused-ring (bicyclic) bond motifs is 1. The van der Waals surface area contributed by atoms with Crippen LogP contribution in [0.25, 0.3) is 5.57 Å². The molecule has 0 unspecified atom stereocenters. The maximum atomic E-state index is 12.6. The van der Waals surface area contributed by atoms with Crippen molar-refractivity contribution in [3.63, 3.8) is 0 Å². The second-order valence-electron chi connectivity index (χ2n) is 9.19. The number of carbonyl (C=O) groups excluding carboxylic acids is 2. The van der Waals surface area contributed by atoms with Crippen LogP contribution in [0.4, 0.5) is 9.59 Å². The second kappa shape index (κ2) is 9.37. The molecule has 0 N–H and O–H groups in total. The summed E-state index contributed by atoms with van der Waals surface area (Å²) in [4.78, 5) is 26.1. The van der Waals surface area contributed by atoms with Gasteiger partial charge in [0.1, 0.15) is 17.0 Å². The number of allylic oxidation sites excluding steroid dienone is 3. The lowest BCUT2D eigenvalue weighted by Crippen LogP contribution is -2.43. The Labute approximate surface area is 179 Å². The number of benzene rings is 1. The third kappa shape index (κ3) is 6.94. The van der Waals surface area contributed by atoms with Gasteiger partial charge in [-0.25, -0.2) is 14.5 Å². The van der Waals surface area contributed by atoms with Crippen LogP contribution in [0, 0.1) is 0 Å². The predicted octanol–water partition coefficient (Wildman–Crippen LogP) is 5.75. The average molecular weight is 416 g/mol. The molecule has 0 saturated heterocycles. The lowest BCUT2D eigenvalue weighted by Gasteiger charge is -2.28. The van der Waals surface area contributed by atoms with Crippen LogP contribution in [0.5, 0.6) is 5.75 Å². The van der Waals surface area contributed by atoms with E-state index in [1.54, 1.807) is 54.7 Å². The van der Waals surface area contributed by atoms with Crippen molar-refractivity contribution < 1.29 is 23.8 Å². The minimum atomic E-state index is -0.732. The van der Waals surface area contributed by atoms with E-state index in [1.165, 1.54) is 5.56 Å². The number of imide groups is 1. The van der Waals surface area contributed by atoms with Gasteiger partial charge in [0, 0.05) is 0 Å². The largest absolute Gasteiger partial charge is 0.497 e. The van der Waals surface area contributed by atoms with Crippen LogP contribution in [-0.2, 0) is 15.9 Å². The van der Waals surface area contributed by atoms with E-state index < -0.39 is 23.4 Å². The Morgan fingerprint density at radius 1 is 1.03 bits per heavy atom. The Bertz CT molecular complexity index is 812. The fraction of sp³-hybridized carbons (Fsp3) is 0.500. The van der Waals surface area contributed by atoms with Gasteiger partial charge < -0.3 is 14.2 Å². The number of methoxy groups -OCH3 is 1. The maximum Gasteiger partial charge on any atom is 0.420 e. The van der Waals surface area contributed by atoms with Gasteiger partial charge in [0.15, 0.2) is 0 Å². The first kappa shape index (κ1) is 23.5. The highest BCUT2D eigenvalue weighted by Gasteiger charge is 2.30. The van der Waals surface area contributed by atoms with Crippen molar-refractivity contribution >= 4 is 17.8 Å². The fourth-order valence-corrected chi connectivity index (χ4v) is 2.98. The zero-order chi connectivity index (χ0) is 22.5. The molecule has 0 fully saturated rings. The zero-order valence-corrected chi connectivity index (χ0v) is 19.1. The molecular formula is C24H33NO5. The lowest BCUT2D eigenvalue weighted by atomic mass is 9.90. The number of amides is 2. The molecule has 1 aliphatic rings. The molecule has 0 bridgehead atoms. The molecule has 2 amide bonds. The Kier molecular flexibility index (Phi) is 7.34. The number of aryl methyl sites for hydroxylation is 1. The Balaban J connectivity index is 2.18. The topological polar surface area (TPSA) is 65.1 Å². The van der Waals surface area contributed by atoms with E-state index in [9.17, 15) is 9.59 Å². The van der Waals surface area contributed by atoms with Crippen molar-refractivity contribution in [3.05, 3.63) is 47.6 Å². The van der Waals surface area contributed by atoms with Crippen LogP contribution in [0.2, 0.25) is 0 Å². The highest BCUT2D eigenvalue weighted by atomic mass is 16.6. The molecule has 1 aliphatic carbocycles. The first-order valence-corrected chi connectivity index (χ1v) is 10.2. The minimum absolute atomic E-state index is 0.0483. The summed E-state index contributed by atoms with van der Waals surface area (Å²) in [5.74, 6) is 0.833. The van der Waals surface area contributed by atoms with Gasteiger partial charge in [0.2, 0.25) is 0 Å². The first-order chi connectivity index (χ1) is 13.9. The Morgan fingerprint density at radius 2 is 1.63 bits per heavy atom. The number of hydrogen-bond donors (Lipinski definition) is 0. The van der Waals surface area contributed by atoms with Crippen molar-refractivity contribution in [2.75, 3.05) is 13.7 Å². The highest BCUT2D eigenvalue weighted by Crippen LogP contribution is 2.30. The number of ether oxygens (including phenoxy) is 3. The van der Waals surface area contributed by atoms with E-state index in [1.807, 2.05) is 24.3 Å². The second-order valence-corrected chi connectivity index (χ2v) is 9.19. The SMILES string of the molecule is COc1ccc2c(c1)CCC=C2/C=C/CN(C(=O)OC(C)(C)C)C(=O)OC(C)(C)C. The molecule has 0 atom stereocenters. The number of nitrogens with zero attached hydrogens (tertiary/aromatic N) is 1. The van der Waals surface area contributed by atoms with Crippen molar-refractivity contribution in [3.8, 4) is 5.75 Å². The highest BCUT2D eigenvalue weighted by molar-refractivity contribution is 5.88. The van der Waals surface area contributed by atoms with Gasteiger partial charge in [-0.15, -0.1) is 0 Å². The van der Waals surface area contributed by atoms with E-state index in [4.69, 9.17) is 14.2 Å². The van der Waals surface area contributed by atoms with Gasteiger partial charge in [-0.1, -0.05) is 24.3 Å². The van der Waals surface area contributed by atoms with Crippen molar-refractivity contribution in [1.82, 2.24) is 4.90 Å². The zero-order valence-electron chi connectivity index (χ0n) is 19.1. The third-order valence-corrected chi connectivity index (χ3v) is 4.21. The van der Waals surface area contributed by atoms with E-state index in [0.717, 1.165) is 34.6 Å². The Morgan fingerprint density at radius 3 is 2.17 bits per heavy atom. The summed E-state index contributed by atoms with van der Waals surface area (Å²) in [6.07, 6.45) is 6.25. The maximum absolute atomic E-state index is 12.6. The molecule has 2 rings (SSSR count). The monoisotopic (exact) mass is 415 g/mol. The third-order valence-electron chi connectivity index (χ3n) is 4.21. The quantitative estimate of drug-likeness (QED) is 0.626. The van der Waals surface area contributed by atoms with E-state index in [2.05, 4.69) is 6.08 Å². The number of hydrogen-bond acceptors (Lipinski definition) is 5. The number of carbonyl (C=O) groups is 2. The molecule has 6 heteroatoms. The predicted molar refractivity (Wildman–Crippen MR) is 118 cm³/mol. The average Bonchev–Trinajstić information content (AvgIpc) is 2.61. The molecule has 0 aliphatic heterocycles. The van der Waals surface area contributed by atoms with E-state index in [0.29, 0.717) is 0 Å². The van der Waals surface area contributed by atoms with Crippen LogP contribution < -0.4 is 4.74 Å². The molecule has 0 aromatic heterocycles. The summed E-state index contributed by atoms with van der Waals surface area (Å²) in [7, 11) is 1.66. The smallest absolute Gasteiger partial charge is 0.420 e. The summed E-state index contributed by atoms with van der Waals surface area (Å²) in [5, 5.41) is 0. The molecule has 0 heterocycles. The molecule has 0 radical (unpaired) electrons. The van der Waals surface area contributed by atoms with Gasteiger partial charge in [-0.3, -0.25) is 0 Å². The van der Waals surface area contributed by atoms with Crippen LogP contribution in [-0.4, -0.2) is 41.9 Å². The molecule has 0 saturated carbocycles. The van der Waals surface area contributed by atoms with Crippen LogP contribution in [0.1, 0.15) is 59.1 Å². The summed E-state index contributed by atoms with van der Waals surface area (Å²) in [5.41, 5.74) is 1.95. The molecule has 0 spiro atoms. The summed E-state index contributed by atoms with van der Waals surface area (Å²) in [6, 6.07) is 6.01. The summed E-state index contributed by atoms with van der Waals surface area (Å²) >= 11 is 0. The summed E-state index contributed by atoms with van der Waals surface area (Å²) in [6.45, 7) is 10.6. The van der Waals surface area contributed by atoms with Gasteiger partial charge in [-0.05, 0) is 83.2 Å². The molecule has 164 valence electrons. The van der Waals surface area contributed by atoms with Crippen LogP contribution in [0.15, 0.2) is 36.4 Å². The fourth-order valence-electron chi connectivity index (χ4n) is 2.98. The lowest BCUT2D eigenvalue weighted by molar-refractivity contribution is 0.00374. The van der Waals surface area contributed by atoms with Gasteiger partial charge in [0.05, 0.1) is 13.7 Å². The normalized spacial score (nSPS) is 14.0. The molecule has 1 aromatic rings. The van der Waals surface area contributed by atoms with Gasteiger partial charge in [-0.2, -0.15) is 0 Å². The first-order valence-electron chi connectivity index (χ1n) is 10.2. The van der Waals surface area contributed by atoms with E-state index in [-0.39, 0.29) is 6.54 Å². The summed E-state index contributed by atoms with van der Waals surface area (Å²) < 4.78 is 16.1. The Hall–Kier alpha value is -2.76. The molecule has 6 nitrogen and oxygen atoms in total. The number of rotatable bonds is 4. The van der Waals surface area contributed by atoms with Crippen molar-refractivity contribution in [2.45, 2.75) is 65.6 Å². The molecule has 1 aromatic carbocycles. The van der Waals surface area contributed by atoms with Crippen LogP contribution >= 0.6 is 0 Å². The van der Waals surface area contributed by atoms with Crippen molar-refractivity contribution in [1.29, 1.82) is 0 Å². The standard InChI is InChI=1S/C24H33NO5/c1-23(2,3)29-21(26)25(22(27)30-24(4,5)6)15-9-12-17-10-8-11-18-16-19(28-7)13-14-20(17)18/h9-10,12-14,16H,8,11,15H2,1-7H3/b12-9+. The van der Waals surface area contributed by atoms with Gasteiger partial charge in [0.25, 0.3) is 0 Å². The van der Waals surface area contributed by atoms with Crippen LogP contribution in [0.3, 0.4) is 0 Å². The molecular weight excluding hydrogens is 382 g/mol. The van der Waals surface area contributed by atoms with E-state index >= 15 is 0 Å². The van der Waals surface area contributed by atoms with Gasteiger partial charge >= 0.3 is 12.2 Å². The minimum Gasteiger partial charge on any atom is -0.497 e.